The first-order valence-electron chi connectivity index (χ1n) is 9.09. The zero-order valence-electron chi connectivity index (χ0n) is 15.0. The summed E-state index contributed by atoms with van der Waals surface area (Å²) in [6.07, 6.45) is 2.21. The minimum atomic E-state index is -0.950. The van der Waals surface area contributed by atoms with Gasteiger partial charge >= 0.3 is 5.97 Å². The molecule has 1 saturated heterocycles. The van der Waals surface area contributed by atoms with Crippen LogP contribution in [0.4, 0.5) is 0 Å². The zero-order chi connectivity index (χ0) is 18.1. The fourth-order valence-corrected chi connectivity index (χ4v) is 3.06. The van der Waals surface area contributed by atoms with Gasteiger partial charge in [0.1, 0.15) is 6.04 Å². The van der Waals surface area contributed by atoms with Crippen LogP contribution in [0.5, 0.6) is 0 Å². The number of carboxylic acid groups (broad SMARTS) is 1. The number of benzene rings is 1. The van der Waals surface area contributed by atoms with Crippen molar-refractivity contribution < 1.29 is 14.7 Å². The zero-order valence-corrected chi connectivity index (χ0v) is 15.0. The first-order chi connectivity index (χ1) is 12.1. The van der Waals surface area contributed by atoms with Crippen molar-refractivity contribution in [2.24, 2.45) is 0 Å². The molecule has 0 spiro atoms. The number of carboxylic acids is 1. The van der Waals surface area contributed by atoms with Gasteiger partial charge in [-0.25, -0.2) is 4.79 Å². The lowest BCUT2D eigenvalue weighted by Gasteiger charge is -2.34. The van der Waals surface area contributed by atoms with Crippen molar-refractivity contribution in [3.63, 3.8) is 0 Å². The number of unbranched alkanes of at least 4 members (excludes halogenated alkanes) is 1. The smallest absolute Gasteiger partial charge is 0.326 e. The van der Waals surface area contributed by atoms with Gasteiger partial charge in [-0.2, -0.15) is 0 Å². The average Bonchev–Trinajstić information content (AvgIpc) is 2.61. The monoisotopic (exact) mass is 347 g/mol. The standard InChI is InChI=1S/C19H29N3O3/c1-2-3-9-17(19(24)25)20-18(23)15-22-12-10-21(11-13-22)14-16-7-5-4-6-8-16/h4-8,17H,2-3,9-15H2,1H3,(H,20,23)(H,24,25). The van der Waals surface area contributed by atoms with E-state index in [-0.39, 0.29) is 12.5 Å². The molecule has 1 fully saturated rings. The minimum absolute atomic E-state index is 0.194. The van der Waals surface area contributed by atoms with Gasteiger partial charge < -0.3 is 10.4 Å². The van der Waals surface area contributed by atoms with Crippen LogP contribution in [0.25, 0.3) is 0 Å². The van der Waals surface area contributed by atoms with Gasteiger partial charge in [-0.05, 0) is 12.0 Å². The molecule has 6 nitrogen and oxygen atoms in total. The van der Waals surface area contributed by atoms with E-state index in [4.69, 9.17) is 0 Å². The van der Waals surface area contributed by atoms with Gasteiger partial charge in [0.05, 0.1) is 6.54 Å². The van der Waals surface area contributed by atoms with E-state index in [2.05, 4.69) is 27.2 Å². The van der Waals surface area contributed by atoms with Crippen molar-refractivity contribution in [3.8, 4) is 0 Å². The molecule has 1 atom stereocenters. The molecular weight excluding hydrogens is 318 g/mol. The first-order valence-corrected chi connectivity index (χ1v) is 9.09. The molecule has 6 heteroatoms. The van der Waals surface area contributed by atoms with E-state index in [1.807, 2.05) is 25.1 Å². The van der Waals surface area contributed by atoms with Crippen LogP contribution in [0.15, 0.2) is 30.3 Å². The molecule has 0 aliphatic carbocycles. The molecule has 1 amide bonds. The van der Waals surface area contributed by atoms with Crippen LogP contribution in [0.1, 0.15) is 31.7 Å². The number of nitrogens with one attached hydrogen (secondary N) is 1. The Morgan fingerprint density at radius 1 is 1.12 bits per heavy atom. The highest BCUT2D eigenvalue weighted by Gasteiger charge is 2.22. The molecule has 1 aromatic carbocycles. The molecule has 1 aromatic rings. The summed E-state index contributed by atoms with van der Waals surface area (Å²) in [5.74, 6) is -1.14. The van der Waals surface area contributed by atoms with E-state index in [0.29, 0.717) is 6.42 Å². The third-order valence-corrected chi connectivity index (χ3v) is 4.56. The summed E-state index contributed by atoms with van der Waals surface area (Å²) >= 11 is 0. The SMILES string of the molecule is CCCCC(NC(=O)CN1CCN(Cc2ccccc2)CC1)C(=O)O. The summed E-state index contributed by atoms with van der Waals surface area (Å²) in [5, 5.41) is 11.9. The second-order valence-corrected chi connectivity index (χ2v) is 6.64. The quantitative estimate of drug-likeness (QED) is 0.709. The van der Waals surface area contributed by atoms with Gasteiger partial charge in [0, 0.05) is 32.7 Å². The molecule has 0 bridgehead atoms. The summed E-state index contributed by atoms with van der Waals surface area (Å²) < 4.78 is 0. The molecule has 0 saturated carbocycles. The van der Waals surface area contributed by atoms with Gasteiger partial charge in [0.15, 0.2) is 0 Å². The van der Waals surface area contributed by atoms with Gasteiger partial charge in [-0.1, -0.05) is 50.1 Å². The van der Waals surface area contributed by atoms with Gasteiger partial charge in [-0.3, -0.25) is 14.6 Å². The third kappa shape index (κ3) is 6.84. The van der Waals surface area contributed by atoms with Gasteiger partial charge in [0.2, 0.25) is 5.91 Å². The largest absolute Gasteiger partial charge is 0.480 e. The first kappa shape index (κ1) is 19.4. The molecule has 2 rings (SSSR count). The Hall–Kier alpha value is -1.92. The molecule has 1 aliphatic rings. The highest BCUT2D eigenvalue weighted by atomic mass is 16.4. The summed E-state index contributed by atoms with van der Waals surface area (Å²) in [6, 6.07) is 9.60. The molecule has 0 radical (unpaired) electrons. The van der Waals surface area contributed by atoms with E-state index in [1.54, 1.807) is 0 Å². The van der Waals surface area contributed by atoms with Crippen molar-refractivity contribution in [3.05, 3.63) is 35.9 Å². The number of hydrogen-bond acceptors (Lipinski definition) is 4. The van der Waals surface area contributed by atoms with Crippen molar-refractivity contribution in [2.75, 3.05) is 32.7 Å². The molecule has 138 valence electrons. The topological polar surface area (TPSA) is 72.9 Å². The van der Waals surface area contributed by atoms with E-state index >= 15 is 0 Å². The maximum absolute atomic E-state index is 12.1. The Balaban J connectivity index is 1.71. The summed E-state index contributed by atoms with van der Waals surface area (Å²) in [7, 11) is 0. The van der Waals surface area contributed by atoms with E-state index in [0.717, 1.165) is 45.6 Å². The maximum Gasteiger partial charge on any atom is 0.326 e. The molecular formula is C19H29N3O3. The molecule has 1 unspecified atom stereocenters. The van der Waals surface area contributed by atoms with E-state index in [1.165, 1.54) is 5.56 Å². The summed E-state index contributed by atoms with van der Waals surface area (Å²) in [6.45, 7) is 6.70. The molecule has 1 heterocycles. The normalized spacial score (nSPS) is 17.2. The Kier molecular flexibility index (Phi) is 7.88. The van der Waals surface area contributed by atoms with Crippen LogP contribution < -0.4 is 5.32 Å². The summed E-state index contributed by atoms with van der Waals surface area (Å²) in [5.41, 5.74) is 1.30. The summed E-state index contributed by atoms with van der Waals surface area (Å²) in [4.78, 5) is 27.8. The van der Waals surface area contributed by atoms with Crippen LogP contribution in [0, 0.1) is 0 Å². The highest BCUT2D eigenvalue weighted by molar-refractivity contribution is 5.84. The minimum Gasteiger partial charge on any atom is -0.480 e. The predicted octanol–water partition coefficient (Wildman–Crippen LogP) is 1.56. The van der Waals surface area contributed by atoms with Crippen LogP contribution in [0.2, 0.25) is 0 Å². The van der Waals surface area contributed by atoms with E-state index in [9.17, 15) is 14.7 Å². The predicted molar refractivity (Wildman–Crippen MR) is 97.3 cm³/mol. The molecule has 2 N–H and O–H groups in total. The number of rotatable bonds is 9. The Labute approximate surface area is 149 Å². The molecule has 1 aliphatic heterocycles. The van der Waals surface area contributed by atoms with E-state index < -0.39 is 12.0 Å². The Bertz CT molecular complexity index is 542. The Morgan fingerprint density at radius 2 is 1.76 bits per heavy atom. The number of aliphatic carboxylic acids is 1. The number of carbonyl (C=O) groups excluding carboxylic acids is 1. The van der Waals surface area contributed by atoms with Crippen molar-refractivity contribution in [1.82, 2.24) is 15.1 Å². The van der Waals surface area contributed by atoms with Crippen LogP contribution in [-0.2, 0) is 16.1 Å². The second kappa shape index (κ2) is 10.2. The maximum atomic E-state index is 12.1. The van der Waals surface area contributed by atoms with Crippen molar-refractivity contribution >= 4 is 11.9 Å². The van der Waals surface area contributed by atoms with Crippen molar-refractivity contribution in [1.29, 1.82) is 0 Å². The third-order valence-electron chi connectivity index (χ3n) is 4.56. The lowest BCUT2D eigenvalue weighted by molar-refractivity contribution is -0.142. The molecule has 25 heavy (non-hydrogen) atoms. The Morgan fingerprint density at radius 3 is 2.36 bits per heavy atom. The van der Waals surface area contributed by atoms with Crippen LogP contribution >= 0.6 is 0 Å². The fraction of sp³-hybridized carbons (Fsp3) is 0.579. The van der Waals surface area contributed by atoms with Crippen LogP contribution in [-0.4, -0.2) is 65.5 Å². The van der Waals surface area contributed by atoms with Gasteiger partial charge in [-0.15, -0.1) is 0 Å². The number of piperazine rings is 1. The lowest BCUT2D eigenvalue weighted by Crippen LogP contribution is -2.51. The fourth-order valence-electron chi connectivity index (χ4n) is 3.06. The highest BCUT2D eigenvalue weighted by Crippen LogP contribution is 2.08. The number of carbonyl (C=O) groups is 2. The number of amides is 1. The average molecular weight is 347 g/mol. The molecule has 0 aromatic heterocycles. The second-order valence-electron chi connectivity index (χ2n) is 6.64. The number of nitrogens with zero attached hydrogens (tertiary/aromatic N) is 2. The van der Waals surface area contributed by atoms with Crippen LogP contribution in [0.3, 0.4) is 0 Å². The number of hydrogen-bond donors (Lipinski definition) is 2. The lowest BCUT2D eigenvalue weighted by atomic mass is 10.1. The van der Waals surface area contributed by atoms with Crippen molar-refractivity contribution in [2.45, 2.75) is 38.8 Å². The van der Waals surface area contributed by atoms with Gasteiger partial charge in [0.25, 0.3) is 0 Å².